The number of fused-ring (bicyclic) bond motifs is 2. The number of rotatable bonds is 2. The minimum atomic E-state index is -3.94. The van der Waals surface area contributed by atoms with Crippen LogP contribution in [0.15, 0.2) is 50.9 Å². The standard InChI is InChI=1S/C25H27FO4S2/c1-24(2,3)17-7-8-22-19(11-17)16(13-31(22,27)28)9-15-10-18(25(4,5)6)12-20-21(26)14-32(29,30)23(15)20/h7-8,10-14H,9H2,1-6H3. The fourth-order valence-corrected chi connectivity index (χ4v) is 7.12. The van der Waals surface area contributed by atoms with Crippen LogP contribution in [0, 0.1) is 0 Å². The van der Waals surface area contributed by atoms with E-state index in [2.05, 4.69) is 0 Å². The molecule has 32 heavy (non-hydrogen) atoms. The van der Waals surface area contributed by atoms with Crippen molar-refractivity contribution in [2.75, 3.05) is 0 Å². The molecule has 0 atom stereocenters. The summed E-state index contributed by atoms with van der Waals surface area (Å²) in [4.78, 5) is 0.151. The molecule has 0 amide bonds. The summed E-state index contributed by atoms with van der Waals surface area (Å²) in [7, 11) is -7.57. The smallest absolute Gasteiger partial charge is 0.203 e. The predicted octanol–water partition coefficient (Wildman–Crippen LogP) is 5.71. The van der Waals surface area contributed by atoms with E-state index in [4.69, 9.17) is 0 Å². The first-order chi connectivity index (χ1) is 14.5. The van der Waals surface area contributed by atoms with Crippen molar-refractivity contribution in [1.82, 2.24) is 0 Å². The third-order valence-electron chi connectivity index (χ3n) is 6.01. The average molecular weight is 475 g/mol. The molecule has 170 valence electrons. The first kappa shape index (κ1) is 22.9. The molecular formula is C25H27FO4S2. The van der Waals surface area contributed by atoms with Gasteiger partial charge in [0, 0.05) is 17.4 Å². The van der Waals surface area contributed by atoms with Gasteiger partial charge in [-0.1, -0.05) is 53.7 Å². The van der Waals surface area contributed by atoms with Crippen molar-refractivity contribution in [3.8, 4) is 0 Å². The Labute approximate surface area is 189 Å². The van der Waals surface area contributed by atoms with Gasteiger partial charge >= 0.3 is 0 Å². The molecule has 0 radical (unpaired) electrons. The monoisotopic (exact) mass is 474 g/mol. The Balaban J connectivity index is 1.92. The van der Waals surface area contributed by atoms with Gasteiger partial charge in [-0.2, -0.15) is 0 Å². The number of allylic oxidation sites excluding steroid dienone is 1. The summed E-state index contributed by atoms with van der Waals surface area (Å²) in [6, 6.07) is 8.65. The Morgan fingerprint density at radius 2 is 1.34 bits per heavy atom. The number of hydrogen-bond acceptors (Lipinski definition) is 4. The van der Waals surface area contributed by atoms with Gasteiger partial charge in [-0.3, -0.25) is 0 Å². The molecule has 2 aliphatic heterocycles. The number of sulfone groups is 2. The SMILES string of the molecule is CC(C)(C)c1ccc2c(c1)C(Cc1cc(C(C)(C)C)cc3c1S(=O)(=O)C=C3F)=CS2(=O)=O. The Morgan fingerprint density at radius 1 is 0.750 bits per heavy atom. The topological polar surface area (TPSA) is 68.3 Å². The maximum Gasteiger partial charge on any atom is 0.203 e. The van der Waals surface area contributed by atoms with Crippen LogP contribution in [0.4, 0.5) is 4.39 Å². The lowest BCUT2D eigenvalue weighted by Crippen LogP contribution is -2.14. The van der Waals surface area contributed by atoms with Crippen LogP contribution in [-0.4, -0.2) is 16.8 Å². The second-order valence-corrected chi connectivity index (χ2v) is 14.1. The van der Waals surface area contributed by atoms with Gasteiger partial charge in [-0.15, -0.1) is 0 Å². The van der Waals surface area contributed by atoms with E-state index in [1.807, 2.05) is 53.7 Å². The van der Waals surface area contributed by atoms with Gasteiger partial charge in [0.1, 0.15) is 5.83 Å². The highest BCUT2D eigenvalue weighted by Gasteiger charge is 2.35. The maximum absolute atomic E-state index is 14.6. The summed E-state index contributed by atoms with van der Waals surface area (Å²) in [5, 5.41) is 1.87. The summed E-state index contributed by atoms with van der Waals surface area (Å²) in [6.07, 6.45) is 0.0758. The van der Waals surface area contributed by atoms with Crippen LogP contribution in [0.2, 0.25) is 0 Å². The number of hydrogen-bond donors (Lipinski definition) is 0. The minimum Gasteiger partial charge on any atom is -0.219 e. The van der Waals surface area contributed by atoms with Crippen molar-refractivity contribution in [1.29, 1.82) is 0 Å². The normalized spacial score (nSPS) is 18.7. The molecule has 0 N–H and O–H groups in total. The minimum absolute atomic E-state index is 0.0533. The van der Waals surface area contributed by atoms with Crippen LogP contribution in [0.1, 0.15) is 69.4 Å². The Bertz CT molecular complexity index is 1430. The van der Waals surface area contributed by atoms with Gasteiger partial charge in [0.2, 0.25) is 19.7 Å². The molecule has 0 aromatic heterocycles. The molecule has 2 aromatic rings. The predicted molar refractivity (Wildman–Crippen MR) is 125 cm³/mol. The highest BCUT2D eigenvalue weighted by Crippen LogP contribution is 2.43. The van der Waals surface area contributed by atoms with E-state index in [1.165, 1.54) is 5.41 Å². The molecule has 0 saturated heterocycles. The summed E-state index contributed by atoms with van der Waals surface area (Å²) in [5.74, 6) is -0.782. The molecule has 0 saturated carbocycles. The van der Waals surface area contributed by atoms with Gasteiger partial charge in [0.25, 0.3) is 0 Å². The van der Waals surface area contributed by atoms with Crippen LogP contribution in [0.3, 0.4) is 0 Å². The summed E-state index contributed by atoms with van der Waals surface area (Å²) in [5.41, 5.74) is 2.80. The van der Waals surface area contributed by atoms with E-state index in [0.29, 0.717) is 22.1 Å². The summed E-state index contributed by atoms with van der Waals surface area (Å²) in [6.45, 7) is 12.0. The quantitative estimate of drug-likeness (QED) is 0.559. The van der Waals surface area contributed by atoms with Gasteiger partial charge < -0.3 is 0 Å². The molecule has 2 aliphatic rings. The van der Waals surface area contributed by atoms with Crippen molar-refractivity contribution >= 4 is 31.1 Å². The van der Waals surface area contributed by atoms with E-state index in [0.717, 1.165) is 11.1 Å². The van der Waals surface area contributed by atoms with Gasteiger partial charge in [-0.25, -0.2) is 21.2 Å². The third kappa shape index (κ3) is 3.75. The largest absolute Gasteiger partial charge is 0.219 e. The first-order valence-electron chi connectivity index (χ1n) is 10.4. The van der Waals surface area contributed by atoms with Crippen molar-refractivity contribution in [3.63, 3.8) is 0 Å². The van der Waals surface area contributed by atoms with Crippen LogP contribution in [0.5, 0.6) is 0 Å². The molecule has 7 heteroatoms. The zero-order valence-corrected chi connectivity index (χ0v) is 20.7. The molecule has 0 aliphatic carbocycles. The van der Waals surface area contributed by atoms with E-state index < -0.39 is 25.5 Å². The molecule has 0 unspecified atom stereocenters. The first-order valence-corrected chi connectivity index (χ1v) is 13.5. The molecule has 0 bridgehead atoms. The van der Waals surface area contributed by atoms with Crippen LogP contribution < -0.4 is 0 Å². The lowest BCUT2D eigenvalue weighted by Gasteiger charge is -2.23. The van der Waals surface area contributed by atoms with E-state index >= 15 is 0 Å². The fraction of sp³-hybridized carbons (Fsp3) is 0.360. The highest BCUT2D eigenvalue weighted by atomic mass is 32.2. The third-order valence-corrected chi connectivity index (χ3v) is 9.14. The zero-order chi connectivity index (χ0) is 23.9. The van der Waals surface area contributed by atoms with Crippen molar-refractivity contribution in [3.05, 3.63) is 69.0 Å². The van der Waals surface area contributed by atoms with E-state index in [1.54, 1.807) is 18.2 Å². The maximum atomic E-state index is 14.6. The van der Waals surface area contributed by atoms with Crippen molar-refractivity contribution in [2.45, 2.75) is 68.6 Å². The fourth-order valence-electron chi connectivity index (χ4n) is 4.18. The molecule has 2 heterocycles. The second-order valence-electron chi connectivity index (χ2n) is 10.6. The zero-order valence-electron chi connectivity index (χ0n) is 19.1. The lowest BCUT2D eigenvalue weighted by molar-refractivity contribution is 0.586. The summed E-state index contributed by atoms with van der Waals surface area (Å²) >= 11 is 0. The molecule has 2 aromatic carbocycles. The van der Waals surface area contributed by atoms with Gasteiger partial charge in [0.15, 0.2) is 0 Å². The molecule has 0 spiro atoms. The van der Waals surface area contributed by atoms with E-state index in [9.17, 15) is 21.2 Å². The van der Waals surface area contributed by atoms with Crippen LogP contribution in [0.25, 0.3) is 11.4 Å². The Hall–Kier alpha value is -2.25. The Kier molecular flexibility index (Phi) is 4.93. The van der Waals surface area contributed by atoms with Gasteiger partial charge in [0.05, 0.1) is 15.2 Å². The second kappa shape index (κ2) is 6.87. The van der Waals surface area contributed by atoms with Gasteiger partial charge in [-0.05, 0) is 56.9 Å². The lowest BCUT2D eigenvalue weighted by atomic mass is 9.83. The average Bonchev–Trinajstić information content (AvgIpc) is 3.02. The number of benzene rings is 2. The number of halogens is 1. The van der Waals surface area contributed by atoms with Crippen LogP contribution >= 0.6 is 0 Å². The van der Waals surface area contributed by atoms with E-state index in [-0.39, 0.29) is 32.6 Å². The van der Waals surface area contributed by atoms with Crippen LogP contribution in [-0.2, 0) is 36.9 Å². The summed E-state index contributed by atoms with van der Waals surface area (Å²) < 4.78 is 65.6. The van der Waals surface area contributed by atoms with Crippen molar-refractivity contribution < 1.29 is 21.2 Å². The molecule has 4 rings (SSSR count). The Morgan fingerprint density at radius 3 is 1.94 bits per heavy atom. The van der Waals surface area contributed by atoms with Crippen molar-refractivity contribution in [2.24, 2.45) is 0 Å². The molecular weight excluding hydrogens is 447 g/mol. The highest BCUT2D eigenvalue weighted by molar-refractivity contribution is 7.95. The molecule has 0 fully saturated rings. The molecule has 4 nitrogen and oxygen atoms in total.